The molecule has 6 aliphatic rings. The van der Waals surface area contributed by atoms with Gasteiger partial charge >= 0.3 is 0 Å². The number of pyridine rings is 1. The molecule has 5 nitrogen and oxygen atoms in total. The lowest BCUT2D eigenvalue weighted by molar-refractivity contribution is 0.660. The minimum Gasteiger partial charge on any atom is -0.264 e. The maximum atomic E-state index is 4.83. The molecule has 0 saturated heterocycles. The Kier molecular flexibility index (Phi) is 20.1. The van der Waals surface area contributed by atoms with Crippen LogP contribution in [-0.2, 0) is 32.5 Å². The lowest BCUT2D eigenvalue weighted by Gasteiger charge is -2.23. The summed E-state index contributed by atoms with van der Waals surface area (Å²) in [5.74, 6) is 0.745. The summed E-state index contributed by atoms with van der Waals surface area (Å²) in [6.45, 7) is 28.2. The zero-order valence-corrected chi connectivity index (χ0v) is 86.4. The molecule has 0 atom stereocenters. The summed E-state index contributed by atoms with van der Waals surface area (Å²) in [5, 5.41) is 14.5. The number of hydrogen-bond donors (Lipinski definition) is 0. The van der Waals surface area contributed by atoms with Crippen molar-refractivity contribution in [3.63, 3.8) is 0 Å². The van der Waals surface area contributed by atoms with Crippen molar-refractivity contribution in [2.45, 2.75) is 116 Å². The number of nitrogens with zero attached hydrogens (tertiary/aromatic N) is 5. The Hall–Kier alpha value is -17.5. The van der Waals surface area contributed by atoms with Gasteiger partial charge in [-0.3, -0.25) is 15.0 Å². The highest BCUT2D eigenvalue weighted by Gasteiger charge is 2.43. The van der Waals surface area contributed by atoms with Crippen LogP contribution in [0.3, 0.4) is 0 Å². The van der Waals surface area contributed by atoms with Crippen LogP contribution in [0.2, 0.25) is 0 Å². The first-order chi connectivity index (χ1) is 73.0. The Bertz CT molecular complexity index is 8980. The smallest absolute Gasteiger partial charge is 0.160 e. The van der Waals surface area contributed by atoms with Crippen LogP contribution in [0.4, 0.5) is 0 Å². The second-order valence-corrected chi connectivity index (χ2v) is 45.2. The molecule has 3 heterocycles. The average Bonchev–Trinajstić information content (AvgIpc) is 1.60. The molecular formula is C145H109N5. The van der Waals surface area contributed by atoms with Crippen LogP contribution in [0.5, 0.6) is 0 Å². The topological polar surface area (TPSA) is 64.5 Å². The minimum absolute atomic E-state index is 0.0348. The van der Waals surface area contributed by atoms with Gasteiger partial charge < -0.3 is 0 Å². The molecule has 5 heteroatoms. The van der Waals surface area contributed by atoms with E-state index in [0.29, 0.717) is 0 Å². The predicted molar refractivity (Wildman–Crippen MR) is 628 cm³/mol. The van der Waals surface area contributed by atoms with Crippen molar-refractivity contribution in [2.75, 3.05) is 0 Å². The normalized spacial score (nSPS) is 14.7. The molecule has 0 fully saturated rings. The Morgan fingerprint density at radius 1 is 0.140 bits per heavy atom. The first-order valence-electron chi connectivity index (χ1n) is 52.8. The third-order valence-corrected chi connectivity index (χ3v) is 35.0. The van der Waals surface area contributed by atoms with Gasteiger partial charge in [0, 0.05) is 86.4 Å². The molecule has 0 spiro atoms. The van der Waals surface area contributed by atoms with Crippen molar-refractivity contribution in [2.24, 2.45) is 0 Å². The van der Waals surface area contributed by atoms with E-state index in [9.17, 15) is 0 Å². The Labute approximate surface area is 876 Å². The van der Waals surface area contributed by atoms with Crippen molar-refractivity contribution in [3.8, 4) is 167 Å². The molecule has 0 N–H and O–H groups in total. The van der Waals surface area contributed by atoms with E-state index in [0.717, 1.165) is 39.0 Å². The van der Waals surface area contributed by atoms with Gasteiger partial charge in [-0.15, -0.1) is 0 Å². The molecule has 3 aromatic heterocycles. The van der Waals surface area contributed by atoms with Gasteiger partial charge in [0.05, 0.1) is 11.9 Å². The van der Waals surface area contributed by atoms with Crippen LogP contribution in [0.25, 0.3) is 232 Å². The molecule has 150 heavy (non-hydrogen) atoms. The second kappa shape index (κ2) is 33.5. The largest absolute Gasteiger partial charge is 0.264 e. The molecule has 30 rings (SSSR count). The summed E-state index contributed by atoms with van der Waals surface area (Å²) in [7, 11) is 0. The van der Waals surface area contributed by atoms with E-state index in [4.69, 9.17) is 15.0 Å². The molecule has 24 aromatic rings. The fourth-order valence-corrected chi connectivity index (χ4v) is 27.5. The Morgan fingerprint density at radius 2 is 0.393 bits per heavy atom. The average molecular weight is 1920 g/mol. The summed E-state index contributed by atoms with van der Waals surface area (Å²) in [6.07, 6.45) is 13.0. The molecule has 0 amide bonds. The molecule has 714 valence electrons. The number of aromatic nitrogens is 5. The van der Waals surface area contributed by atoms with Gasteiger partial charge in [0.25, 0.3) is 0 Å². The minimum atomic E-state index is -0.0630. The third-order valence-electron chi connectivity index (χ3n) is 35.0. The van der Waals surface area contributed by atoms with Gasteiger partial charge in [-0.1, -0.05) is 417 Å². The van der Waals surface area contributed by atoms with Crippen molar-refractivity contribution >= 4 is 64.6 Å². The molecule has 21 aromatic carbocycles. The van der Waals surface area contributed by atoms with E-state index >= 15 is 0 Å². The van der Waals surface area contributed by atoms with E-state index < -0.39 is 0 Å². The fraction of sp³-hybridized carbons (Fsp3) is 0.124. The maximum absolute atomic E-state index is 4.83. The van der Waals surface area contributed by atoms with Gasteiger partial charge in [-0.2, -0.15) is 0 Å². The van der Waals surface area contributed by atoms with Crippen molar-refractivity contribution < 1.29 is 0 Å². The van der Waals surface area contributed by atoms with E-state index in [1.807, 2.05) is 43.1 Å². The van der Waals surface area contributed by atoms with E-state index in [-0.39, 0.29) is 32.5 Å². The van der Waals surface area contributed by atoms with E-state index in [1.165, 1.54) is 260 Å². The fourth-order valence-electron chi connectivity index (χ4n) is 27.5. The van der Waals surface area contributed by atoms with Crippen molar-refractivity contribution in [3.05, 3.63) is 511 Å². The van der Waals surface area contributed by atoms with Gasteiger partial charge in [-0.25, -0.2) is 9.97 Å². The number of fused-ring (bicyclic) bond motifs is 24. The highest BCUT2D eigenvalue weighted by Crippen LogP contribution is 2.60. The van der Waals surface area contributed by atoms with Crippen molar-refractivity contribution in [1.82, 2.24) is 24.9 Å². The second-order valence-electron chi connectivity index (χ2n) is 45.2. The summed E-state index contributed by atoms with van der Waals surface area (Å²) in [5.41, 5.74) is 52.8. The molecular weight excluding hydrogens is 1810 g/mol. The standard InChI is InChI=1S/C49H37N.2C48H36N2/c1-48(2)43-18-10-8-14-35(43)40-27-32(21-24-44(40)48)46-37-15-5-6-16-38(37)47(33-12-11-25-50-29-33)39-23-20-30(26-41(39)46)31-19-22-36-34-13-7-9-17-42(34)49(3,4)45(36)28-31;1-47(2)41-17-10-8-13-33(41)38-27-31(20-23-42(38)47)44-35-14-5-6-15-36(35)45(46-49-24-11-25-50-46)37-22-19-29(26-39(37)44)30-18-21-34-32-12-7-9-16-40(32)48(3,4)43(34)28-30;1-47(2)41-16-10-8-12-33(41)38-26-31(19-22-42(38)47)45-35-13-5-6-14-36(35)46(44-28-49-23-24-50-44)37-21-18-29(25-39(37)45)30-17-20-34-32-11-7-9-15-40(32)48(3,4)43(34)27-30/h5-29H,1-4H3;2*5-28H,1-4H3. The predicted octanol–water partition coefficient (Wildman–Crippen LogP) is 37.8. The van der Waals surface area contributed by atoms with Crippen LogP contribution < -0.4 is 0 Å². The van der Waals surface area contributed by atoms with Gasteiger partial charge in [0.15, 0.2) is 5.82 Å². The molecule has 0 aliphatic heterocycles. The van der Waals surface area contributed by atoms with Crippen LogP contribution >= 0.6 is 0 Å². The van der Waals surface area contributed by atoms with Gasteiger partial charge in [0.2, 0.25) is 0 Å². The highest BCUT2D eigenvalue weighted by molar-refractivity contribution is 6.25. The van der Waals surface area contributed by atoms with E-state index in [1.54, 1.807) is 12.4 Å². The van der Waals surface area contributed by atoms with Crippen LogP contribution in [0, 0.1) is 0 Å². The summed E-state index contributed by atoms with van der Waals surface area (Å²) in [6, 6.07) is 150. The summed E-state index contributed by atoms with van der Waals surface area (Å²) >= 11 is 0. The molecule has 0 saturated carbocycles. The molecule has 0 bridgehead atoms. The van der Waals surface area contributed by atoms with Crippen molar-refractivity contribution in [1.29, 1.82) is 0 Å². The zero-order chi connectivity index (χ0) is 101. The zero-order valence-electron chi connectivity index (χ0n) is 86.4. The first kappa shape index (κ1) is 90.1. The van der Waals surface area contributed by atoms with Gasteiger partial charge in [0.1, 0.15) is 0 Å². The molecule has 0 radical (unpaired) electrons. The number of hydrogen-bond acceptors (Lipinski definition) is 5. The monoisotopic (exact) mass is 1920 g/mol. The Balaban J connectivity index is 0.000000108. The third kappa shape index (κ3) is 13.5. The van der Waals surface area contributed by atoms with Crippen LogP contribution in [0.15, 0.2) is 444 Å². The summed E-state index contributed by atoms with van der Waals surface area (Å²) in [4.78, 5) is 23.5. The SMILES string of the molecule is CC1(C)c2ccccc2-c2cc(-c3c4ccccc4c(-c4cccnc4)c4ccc(-c5ccc6c(c5)C(C)(C)c5ccccc5-6)cc34)ccc21.CC1(C)c2ccccc2-c2cc(-c3c4ccccc4c(-c4cnccn4)c4ccc(-c5ccc6c(c5)C(C)(C)c5ccccc5-6)cc34)ccc21.CC1(C)c2ccccc2-c2cc(-c3c4ccccc4c(-c4ncccn4)c4ccc(-c5ccc6c(c5)C(C)(C)c5ccccc5-6)cc34)ccc21. The number of benzene rings is 21. The summed E-state index contributed by atoms with van der Waals surface area (Å²) < 4.78 is 0. The van der Waals surface area contributed by atoms with Crippen LogP contribution in [-0.4, -0.2) is 24.9 Å². The quantitative estimate of drug-likeness (QED) is 0.135. The lowest BCUT2D eigenvalue weighted by atomic mass is 9.80. The van der Waals surface area contributed by atoms with Gasteiger partial charge in [-0.05, 0) is 337 Å². The maximum Gasteiger partial charge on any atom is 0.160 e. The van der Waals surface area contributed by atoms with E-state index in [2.05, 4.69) is 481 Å². The lowest BCUT2D eigenvalue weighted by Crippen LogP contribution is -2.14. The number of rotatable bonds is 9. The molecule has 0 unspecified atom stereocenters. The Morgan fingerprint density at radius 3 is 0.727 bits per heavy atom. The highest BCUT2D eigenvalue weighted by atomic mass is 14.9. The molecule has 6 aliphatic carbocycles. The first-order valence-corrected chi connectivity index (χ1v) is 52.8. The van der Waals surface area contributed by atoms with Crippen LogP contribution in [0.1, 0.15) is 150 Å².